The summed E-state index contributed by atoms with van der Waals surface area (Å²) in [6.45, 7) is 1.14. The maximum absolute atomic E-state index is 13.8. The molecule has 2 fully saturated rings. The van der Waals surface area contributed by atoms with Crippen LogP contribution in [0.15, 0.2) is 42.5 Å². The number of benzene rings is 2. The first-order chi connectivity index (χ1) is 18.3. The van der Waals surface area contributed by atoms with Crippen LogP contribution >= 0.6 is 0 Å². The highest BCUT2D eigenvalue weighted by Crippen LogP contribution is 2.35. The summed E-state index contributed by atoms with van der Waals surface area (Å²) in [5.74, 6) is -0.353. The van der Waals surface area contributed by atoms with Crippen molar-refractivity contribution in [2.45, 2.75) is 31.8 Å². The van der Waals surface area contributed by atoms with Crippen LogP contribution in [0.2, 0.25) is 0 Å². The molecular formula is C27H29FN6O4. The highest BCUT2D eigenvalue weighted by Gasteiger charge is 2.39. The molecule has 0 atom stereocenters. The molecule has 10 nitrogen and oxygen atoms in total. The van der Waals surface area contributed by atoms with Gasteiger partial charge in [-0.3, -0.25) is 14.4 Å². The molecule has 1 saturated carbocycles. The predicted molar refractivity (Wildman–Crippen MR) is 139 cm³/mol. The molecule has 1 aliphatic heterocycles. The molecule has 198 valence electrons. The molecule has 1 aromatic heterocycles. The Bertz CT molecular complexity index is 1380. The second-order valence-corrected chi connectivity index (χ2v) is 9.69. The molecule has 2 aromatic carbocycles. The first-order valence-electron chi connectivity index (χ1n) is 12.4. The zero-order valence-corrected chi connectivity index (χ0v) is 21.0. The number of aromatic nitrogens is 2. The third kappa shape index (κ3) is 4.55. The average Bonchev–Trinajstić information content (AvgIpc) is 3.17. The van der Waals surface area contributed by atoms with Crippen LogP contribution in [0.4, 0.5) is 15.9 Å². The van der Waals surface area contributed by atoms with Gasteiger partial charge < -0.3 is 26.0 Å². The van der Waals surface area contributed by atoms with Gasteiger partial charge in [-0.25, -0.2) is 9.07 Å². The number of likely N-dealkylation sites (tertiary alicyclic amines) is 1. The van der Waals surface area contributed by atoms with Gasteiger partial charge in [0.1, 0.15) is 28.6 Å². The Hall–Kier alpha value is -4.41. The second-order valence-electron chi connectivity index (χ2n) is 9.69. The molecule has 11 heteroatoms. The van der Waals surface area contributed by atoms with Crippen molar-refractivity contribution >= 4 is 29.7 Å². The van der Waals surface area contributed by atoms with Crippen molar-refractivity contribution in [2.75, 3.05) is 30.8 Å². The van der Waals surface area contributed by atoms with Gasteiger partial charge in [0.2, 0.25) is 12.3 Å². The van der Waals surface area contributed by atoms with Crippen molar-refractivity contribution in [3.8, 4) is 17.0 Å². The third-order valence-corrected chi connectivity index (χ3v) is 7.33. The normalized spacial score (nSPS) is 15.5. The van der Waals surface area contributed by atoms with E-state index in [2.05, 4.69) is 5.10 Å². The maximum atomic E-state index is 13.8. The molecule has 0 unspecified atom stereocenters. The van der Waals surface area contributed by atoms with Crippen molar-refractivity contribution in [3.63, 3.8) is 0 Å². The van der Waals surface area contributed by atoms with Crippen LogP contribution in [-0.2, 0) is 16.1 Å². The average molecular weight is 521 g/mol. The fourth-order valence-electron chi connectivity index (χ4n) is 4.91. The number of nitrogens with two attached hydrogens (primary N) is 2. The van der Waals surface area contributed by atoms with Crippen molar-refractivity contribution in [1.82, 2.24) is 14.7 Å². The molecule has 38 heavy (non-hydrogen) atoms. The van der Waals surface area contributed by atoms with Gasteiger partial charge in [-0.2, -0.15) is 5.10 Å². The summed E-state index contributed by atoms with van der Waals surface area (Å²) in [5, 5.41) is 4.61. The van der Waals surface area contributed by atoms with Crippen LogP contribution in [0.5, 0.6) is 5.75 Å². The number of ether oxygens (including phenoxy) is 1. The van der Waals surface area contributed by atoms with E-state index in [1.807, 2.05) is 0 Å². The molecule has 0 radical (unpaired) electrons. The van der Waals surface area contributed by atoms with E-state index < -0.39 is 11.7 Å². The van der Waals surface area contributed by atoms with E-state index in [0.29, 0.717) is 42.2 Å². The second kappa shape index (κ2) is 10.2. The molecule has 3 aromatic rings. The number of nitrogens with zero attached hydrogens (tertiary/aromatic N) is 4. The molecule has 0 spiro atoms. The number of methoxy groups -OCH3 is 1. The zero-order chi connectivity index (χ0) is 27.0. The van der Waals surface area contributed by atoms with Gasteiger partial charge in [-0.05, 0) is 30.5 Å². The Morgan fingerprint density at radius 3 is 2.47 bits per heavy atom. The van der Waals surface area contributed by atoms with E-state index >= 15 is 0 Å². The monoisotopic (exact) mass is 520 g/mol. The van der Waals surface area contributed by atoms with Crippen molar-refractivity contribution < 1.29 is 23.5 Å². The van der Waals surface area contributed by atoms with E-state index in [1.165, 1.54) is 30.2 Å². The topological polar surface area (TPSA) is 137 Å². The van der Waals surface area contributed by atoms with Crippen molar-refractivity contribution in [2.24, 2.45) is 11.7 Å². The van der Waals surface area contributed by atoms with Gasteiger partial charge in [0.05, 0.1) is 25.4 Å². The quantitative estimate of drug-likeness (QED) is 0.416. The van der Waals surface area contributed by atoms with Crippen LogP contribution < -0.4 is 21.1 Å². The van der Waals surface area contributed by atoms with Crippen LogP contribution in [0.1, 0.15) is 41.2 Å². The minimum atomic E-state index is -0.695. The first kappa shape index (κ1) is 25.2. The highest BCUT2D eigenvalue weighted by molar-refractivity contribution is 6.03. The van der Waals surface area contributed by atoms with E-state index in [1.54, 1.807) is 33.8 Å². The number of hydrogen-bond donors (Lipinski definition) is 2. The molecule has 4 N–H and O–H groups in total. The summed E-state index contributed by atoms with van der Waals surface area (Å²) in [6, 6.07) is 10.9. The van der Waals surface area contributed by atoms with E-state index in [0.717, 1.165) is 24.8 Å². The number of hydrogen-bond acceptors (Lipinski definition) is 6. The van der Waals surface area contributed by atoms with Crippen LogP contribution in [0.25, 0.3) is 11.3 Å². The fourth-order valence-corrected chi connectivity index (χ4v) is 4.91. The summed E-state index contributed by atoms with van der Waals surface area (Å²) in [4.78, 5) is 39.7. The Kier molecular flexibility index (Phi) is 6.75. The Morgan fingerprint density at radius 2 is 1.89 bits per heavy atom. The van der Waals surface area contributed by atoms with Crippen LogP contribution in [0, 0.1) is 11.7 Å². The number of carbonyl (C=O) groups is 3. The predicted octanol–water partition coefficient (Wildman–Crippen LogP) is 2.73. The summed E-state index contributed by atoms with van der Waals surface area (Å²) in [6.07, 6.45) is 3.58. The molecule has 2 heterocycles. The minimum Gasteiger partial charge on any atom is -0.495 e. The number of anilines is 2. The number of amides is 3. The van der Waals surface area contributed by atoms with Crippen LogP contribution in [0.3, 0.4) is 0 Å². The van der Waals surface area contributed by atoms with Gasteiger partial charge in [-0.1, -0.05) is 30.7 Å². The van der Waals surface area contributed by atoms with Gasteiger partial charge >= 0.3 is 0 Å². The van der Waals surface area contributed by atoms with Crippen molar-refractivity contribution in [3.05, 3.63) is 59.4 Å². The molecule has 2 aliphatic rings. The third-order valence-electron chi connectivity index (χ3n) is 7.33. The first-order valence-corrected chi connectivity index (χ1v) is 12.4. The molecular weight excluding hydrogens is 491 g/mol. The minimum absolute atomic E-state index is 0.123. The van der Waals surface area contributed by atoms with Crippen LogP contribution in [-0.4, -0.2) is 53.1 Å². The molecule has 5 rings (SSSR count). The zero-order valence-electron chi connectivity index (χ0n) is 21.0. The summed E-state index contributed by atoms with van der Waals surface area (Å²) >= 11 is 0. The largest absolute Gasteiger partial charge is 0.495 e. The molecule has 0 bridgehead atoms. The summed E-state index contributed by atoms with van der Waals surface area (Å²) < 4.78 is 20.7. The SMILES string of the molecule is COc1ccc(F)cc1N(C=O)Cc1ccc(-c2nn(C3CN(C(=O)C4CCC4)C3)c(N)c2C(N)=O)cc1. The lowest BCUT2D eigenvalue weighted by atomic mass is 9.83. The smallest absolute Gasteiger partial charge is 0.254 e. The van der Waals surface area contributed by atoms with Gasteiger partial charge in [0.25, 0.3) is 5.91 Å². The highest BCUT2D eigenvalue weighted by atomic mass is 19.1. The Balaban J connectivity index is 1.35. The Labute approximate surface area is 218 Å². The van der Waals surface area contributed by atoms with Gasteiger partial charge in [-0.15, -0.1) is 0 Å². The standard InChI is InChI=1S/C27H29FN6O4/c1-38-22-10-9-19(28)11-21(22)33(15-35)12-16-5-7-17(8-6-16)24-23(26(30)36)25(29)34(31-24)20-13-32(14-20)27(37)18-3-2-4-18/h5-11,15,18,20H,2-4,12-14,29H2,1H3,(H2,30,36). The van der Waals surface area contributed by atoms with Crippen molar-refractivity contribution in [1.29, 1.82) is 0 Å². The number of nitrogen functional groups attached to an aromatic ring is 1. The Morgan fingerprint density at radius 1 is 1.18 bits per heavy atom. The molecule has 1 saturated heterocycles. The fraction of sp³-hybridized carbons (Fsp3) is 0.333. The van der Waals surface area contributed by atoms with E-state index in [4.69, 9.17) is 16.2 Å². The lowest BCUT2D eigenvalue weighted by Gasteiger charge is -2.42. The number of halogens is 1. The summed E-state index contributed by atoms with van der Waals surface area (Å²) in [5.41, 5.74) is 14.1. The maximum Gasteiger partial charge on any atom is 0.254 e. The summed E-state index contributed by atoms with van der Waals surface area (Å²) in [7, 11) is 1.45. The van der Waals surface area contributed by atoms with Gasteiger partial charge in [0, 0.05) is 30.6 Å². The molecule has 1 aliphatic carbocycles. The lowest BCUT2D eigenvalue weighted by Crippen LogP contribution is -2.53. The van der Waals surface area contributed by atoms with E-state index in [-0.39, 0.29) is 35.8 Å². The molecule has 3 amide bonds. The number of carbonyl (C=O) groups excluding carboxylic acids is 3. The van der Waals surface area contributed by atoms with Gasteiger partial charge in [0.15, 0.2) is 0 Å². The van der Waals surface area contributed by atoms with E-state index in [9.17, 15) is 18.8 Å². The lowest BCUT2D eigenvalue weighted by molar-refractivity contribution is -0.144. The number of rotatable bonds is 9. The number of primary amides is 1.